The Kier molecular flexibility index (Phi) is 5.17. The Morgan fingerprint density at radius 3 is 2.48 bits per heavy atom. The zero-order valence-corrected chi connectivity index (χ0v) is 15.6. The molecule has 2 aromatic carbocycles. The molecule has 0 spiro atoms. The van der Waals surface area contributed by atoms with Crippen LogP contribution in [0.2, 0.25) is 0 Å². The molecule has 2 atom stereocenters. The summed E-state index contributed by atoms with van der Waals surface area (Å²) in [5.74, 6) is 0.0892. The molecule has 2 aliphatic rings. The third-order valence-corrected chi connectivity index (χ3v) is 5.67. The molecular weight excluding hydrogens is 345 g/mol. The molecule has 2 bridgehead atoms. The van der Waals surface area contributed by atoms with Crippen molar-refractivity contribution >= 4 is 0 Å². The molecule has 0 aliphatic carbocycles. The zero-order chi connectivity index (χ0) is 18.9. The standard InChI is InChI=1S/C22H26FNO3/c1-2-27-19-8-9-20(21(23)10-19)22(25)11-17-14-26-15-18(12-22)24(17)13-16-6-4-3-5-7-16/h3-10,17-18,25H,2,11-15H2,1H3. The van der Waals surface area contributed by atoms with Crippen molar-refractivity contribution in [2.24, 2.45) is 0 Å². The van der Waals surface area contributed by atoms with Gasteiger partial charge in [0.2, 0.25) is 0 Å². The lowest BCUT2D eigenvalue weighted by Crippen LogP contribution is -2.60. The largest absolute Gasteiger partial charge is 0.494 e. The van der Waals surface area contributed by atoms with Gasteiger partial charge in [0.1, 0.15) is 11.6 Å². The highest BCUT2D eigenvalue weighted by molar-refractivity contribution is 5.33. The molecular formula is C22H26FNO3. The Hall–Kier alpha value is -1.95. The van der Waals surface area contributed by atoms with Gasteiger partial charge in [-0.3, -0.25) is 4.90 Å². The number of morpholine rings is 1. The second kappa shape index (κ2) is 7.58. The van der Waals surface area contributed by atoms with E-state index in [9.17, 15) is 9.50 Å². The number of benzene rings is 2. The summed E-state index contributed by atoms with van der Waals surface area (Å²) in [4.78, 5) is 2.40. The van der Waals surface area contributed by atoms with E-state index < -0.39 is 11.4 Å². The van der Waals surface area contributed by atoms with Crippen LogP contribution in [0.5, 0.6) is 5.75 Å². The number of rotatable bonds is 5. The van der Waals surface area contributed by atoms with Crippen LogP contribution >= 0.6 is 0 Å². The van der Waals surface area contributed by atoms with Crippen molar-refractivity contribution in [1.29, 1.82) is 0 Å². The Labute approximate surface area is 159 Å². The maximum Gasteiger partial charge on any atom is 0.132 e. The lowest BCUT2D eigenvalue weighted by atomic mass is 9.76. The number of nitrogens with zero attached hydrogens (tertiary/aromatic N) is 1. The molecule has 5 heteroatoms. The van der Waals surface area contributed by atoms with Crippen LogP contribution in [-0.4, -0.2) is 41.9 Å². The molecule has 2 aromatic rings. The third-order valence-electron chi connectivity index (χ3n) is 5.67. The molecule has 0 aromatic heterocycles. The van der Waals surface area contributed by atoms with Crippen molar-refractivity contribution in [1.82, 2.24) is 4.90 Å². The number of piperidine rings is 1. The van der Waals surface area contributed by atoms with Crippen molar-refractivity contribution in [3.63, 3.8) is 0 Å². The normalized spacial score (nSPS) is 28.1. The minimum Gasteiger partial charge on any atom is -0.494 e. The van der Waals surface area contributed by atoms with Gasteiger partial charge in [0, 0.05) is 30.3 Å². The van der Waals surface area contributed by atoms with E-state index in [0.717, 1.165) is 6.54 Å². The maximum absolute atomic E-state index is 14.7. The monoisotopic (exact) mass is 371 g/mol. The minimum atomic E-state index is -1.18. The zero-order valence-electron chi connectivity index (χ0n) is 15.6. The van der Waals surface area contributed by atoms with Crippen LogP contribution in [0.1, 0.15) is 30.9 Å². The first-order chi connectivity index (χ1) is 13.1. The number of halogens is 1. The summed E-state index contributed by atoms with van der Waals surface area (Å²) < 4.78 is 25.9. The molecule has 144 valence electrons. The molecule has 2 aliphatic heterocycles. The number of hydrogen-bond acceptors (Lipinski definition) is 4. The smallest absolute Gasteiger partial charge is 0.132 e. The van der Waals surface area contributed by atoms with E-state index in [4.69, 9.17) is 9.47 Å². The predicted octanol–water partition coefficient (Wildman–Crippen LogP) is 3.48. The van der Waals surface area contributed by atoms with Crippen molar-refractivity contribution in [2.45, 2.75) is 44.0 Å². The quantitative estimate of drug-likeness (QED) is 0.874. The highest BCUT2D eigenvalue weighted by Crippen LogP contribution is 2.42. The highest BCUT2D eigenvalue weighted by atomic mass is 19.1. The van der Waals surface area contributed by atoms with Gasteiger partial charge in [0.05, 0.1) is 25.4 Å². The van der Waals surface area contributed by atoms with Crippen LogP contribution in [0, 0.1) is 5.82 Å². The average Bonchev–Trinajstić information content (AvgIpc) is 2.64. The third kappa shape index (κ3) is 3.72. The lowest BCUT2D eigenvalue weighted by Gasteiger charge is -2.52. The second-order valence-electron chi connectivity index (χ2n) is 7.52. The molecule has 4 rings (SSSR count). The van der Waals surface area contributed by atoms with Crippen LogP contribution in [0.15, 0.2) is 48.5 Å². The van der Waals surface area contributed by atoms with Gasteiger partial charge in [-0.25, -0.2) is 4.39 Å². The van der Waals surface area contributed by atoms with Crippen LogP contribution < -0.4 is 4.74 Å². The summed E-state index contributed by atoms with van der Waals surface area (Å²) >= 11 is 0. The van der Waals surface area contributed by atoms with E-state index in [1.807, 2.05) is 25.1 Å². The highest BCUT2D eigenvalue weighted by Gasteiger charge is 2.47. The predicted molar refractivity (Wildman–Crippen MR) is 101 cm³/mol. The van der Waals surface area contributed by atoms with Crippen LogP contribution in [-0.2, 0) is 16.9 Å². The Morgan fingerprint density at radius 2 is 1.85 bits per heavy atom. The number of ether oxygens (including phenoxy) is 2. The first-order valence-corrected chi connectivity index (χ1v) is 9.61. The molecule has 2 heterocycles. The fourth-order valence-corrected chi connectivity index (χ4v) is 4.45. The Morgan fingerprint density at radius 1 is 1.15 bits per heavy atom. The Bertz CT molecular complexity index is 768. The average molecular weight is 371 g/mol. The van der Waals surface area contributed by atoms with Crippen molar-refractivity contribution in [3.8, 4) is 5.75 Å². The van der Waals surface area contributed by atoms with Gasteiger partial charge in [-0.15, -0.1) is 0 Å². The summed E-state index contributed by atoms with van der Waals surface area (Å²) in [5, 5.41) is 11.4. The summed E-state index contributed by atoms with van der Waals surface area (Å²) in [6.07, 6.45) is 0.919. The van der Waals surface area contributed by atoms with E-state index in [0.29, 0.717) is 44.0 Å². The van der Waals surface area contributed by atoms with Gasteiger partial charge in [0.25, 0.3) is 0 Å². The topological polar surface area (TPSA) is 41.9 Å². The minimum absolute atomic E-state index is 0.0636. The SMILES string of the molecule is CCOc1ccc(C2(O)CC3COCC(C2)N3Cc2ccccc2)c(F)c1. The first-order valence-electron chi connectivity index (χ1n) is 9.61. The van der Waals surface area contributed by atoms with E-state index in [1.54, 1.807) is 12.1 Å². The van der Waals surface area contributed by atoms with Gasteiger partial charge in [-0.1, -0.05) is 30.3 Å². The molecule has 2 unspecified atom stereocenters. The molecule has 0 saturated carbocycles. The fraction of sp³-hybridized carbons (Fsp3) is 0.455. The molecule has 0 radical (unpaired) electrons. The summed E-state index contributed by atoms with van der Waals surface area (Å²) in [6, 6.07) is 15.2. The van der Waals surface area contributed by atoms with Gasteiger partial charge in [-0.2, -0.15) is 0 Å². The van der Waals surface area contributed by atoms with Gasteiger partial charge < -0.3 is 14.6 Å². The number of aliphatic hydroxyl groups is 1. The van der Waals surface area contributed by atoms with Gasteiger partial charge in [0.15, 0.2) is 0 Å². The Balaban J connectivity index is 1.57. The van der Waals surface area contributed by atoms with Crippen LogP contribution in [0.4, 0.5) is 4.39 Å². The number of hydrogen-bond donors (Lipinski definition) is 1. The number of fused-ring (bicyclic) bond motifs is 2. The van der Waals surface area contributed by atoms with Crippen LogP contribution in [0.25, 0.3) is 0 Å². The van der Waals surface area contributed by atoms with E-state index in [2.05, 4.69) is 17.0 Å². The van der Waals surface area contributed by atoms with E-state index in [1.165, 1.54) is 11.6 Å². The maximum atomic E-state index is 14.7. The fourth-order valence-electron chi connectivity index (χ4n) is 4.45. The van der Waals surface area contributed by atoms with E-state index >= 15 is 0 Å². The van der Waals surface area contributed by atoms with Crippen molar-refractivity contribution < 1.29 is 19.0 Å². The lowest BCUT2D eigenvalue weighted by molar-refractivity contribution is -0.150. The summed E-state index contributed by atoms with van der Waals surface area (Å²) in [6.45, 7) is 4.29. The molecule has 0 amide bonds. The van der Waals surface area contributed by atoms with E-state index in [-0.39, 0.29) is 12.1 Å². The summed E-state index contributed by atoms with van der Waals surface area (Å²) in [7, 11) is 0. The van der Waals surface area contributed by atoms with Gasteiger partial charge in [-0.05, 0) is 37.5 Å². The molecule has 2 fully saturated rings. The summed E-state index contributed by atoms with van der Waals surface area (Å²) in [5.41, 5.74) is 0.426. The molecule has 4 nitrogen and oxygen atoms in total. The van der Waals surface area contributed by atoms with Crippen molar-refractivity contribution in [3.05, 3.63) is 65.5 Å². The first kappa shape index (κ1) is 18.4. The van der Waals surface area contributed by atoms with Gasteiger partial charge >= 0.3 is 0 Å². The second-order valence-corrected chi connectivity index (χ2v) is 7.52. The van der Waals surface area contributed by atoms with Crippen LogP contribution in [0.3, 0.4) is 0 Å². The molecule has 27 heavy (non-hydrogen) atoms. The van der Waals surface area contributed by atoms with Crippen molar-refractivity contribution in [2.75, 3.05) is 19.8 Å². The molecule has 2 saturated heterocycles. The molecule has 1 N–H and O–H groups in total.